The molecule has 4 rings (SSSR count). The molecule has 1 aromatic rings. The van der Waals surface area contributed by atoms with Crippen LogP contribution in [0.2, 0.25) is 0 Å². The molecule has 2 aliphatic carbocycles. The molecule has 5 heteroatoms. The normalized spacial score (nSPS) is 22.3. The highest BCUT2D eigenvalue weighted by molar-refractivity contribution is 5.78. The number of rotatable bonds is 7. The zero-order chi connectivity index (χ0) is 19.6. The first-order valence-electron chi connectivity index (χ1n) is 10.9. The summed E-state index contributed by atoms with van der Waals surface area (Å²) in [6.07, 6.45) is 6.05. The van der Waals surface area contributed by atoms with Crippen LogP contribution in [0, 0.1) is 0 Å². The second-order valence-corrected chi connectivity index (χ2v) is 8.98. The van der Waals surface area contributed by atoms with Gasteiger partial charge in [-0.3, -0.25) is 9.69 Å². The van der Waals surface area contributed by atoms with Gasteiger partial charge >= 0.3 is 0 Å². The van der Waals surface area contributed by atoms with Gasteiger partial charge in [-0.1, -0.05) is 38.1 Å². The molecule has 1 N–H and O–H groups in total. The maximum absolute atomic E-state index is 12.7. The molecular weight excluding hydrogens is 352 g/mol. The molecule has 154 valence electrons. The Hall–Kier alpha value is -1.43. The van der Waals surface area contributed by atoms with Crippen molar-refractivity contribution in [2.24, 2.45) is 0 Å². The topological polar surface area (TPSA) is 50.8 Å². The second kappa shape index (κ2) is 8.52. The molecule has 0 unspecified atom stereocenters. The van der Waals surface area contributed by atoms with Gasteiger partial charge in [0, 0.05) is 31.5 Å². The molecule has 1 spiro atoms. The van der Waals surface area contributed by atoms with Gasteiger partial charge in [-0.05, 0) is 42.7 Å². The fourth-order valence-corrected chi connectivity index (χ4v) is 4.44. The van der Waals surface area contributed by atoms with E-state index in [9.17, 15) is 4.79 Å². The Morgan fingerprint density at radius 2 is 1.75 bits per heavy atom. The largest absolute Gasteiger partial charge is 0.352 e. The number of benzene rings is 1. The van der Waals surface area contributed by atoms with Crippen LogP contribution in [0.5, 0.6) is 0 Å². The van der Waals surface area contributed by atoms with E-state index in [0.29, 0.717) is 31.7 Å². The quantitative estimate of drug-likeness (QED) is 0.778. The lowest BCUT2D eigenvalue weighted by molar-refractivity contribution is -0.180. The summed E-state index contributed by atoms with van der Waals surface area (Å²) in [5.74, 6) is 0.345. The first kappa shape index (κ1) is 19.9. The number of hydrogen-bond acceptors (Lipinski definition) is 4. The smallest absolute Gasteiger partial charge is 0.234 e. The number of nitrogens with one attached hydrogen (secondary N) is 1. The van der Waals surface area contributed by atoms with E-state index < -0.39 is 0 Å². The third-order valence-electron chi connectivity index (χ3n) is 6.37. The second-order valence-electron chi connectivity index (χ2n) is 8.98. The number of carbonyl (C=O) groups excluding carboxylic acids is 1. The van der Waals surface area contributed by atoms with Crippen LogP contribution in [-0.4, -0.2) is 48.4 Å². The Kier molecular flexibility index (Phi) is 6.04. The highest BCUT2D eigenvalue weighted by Gasteiger charge is 2.40. The van der Waals surface area contributed by atoms with Gasteiger partial charge in [0.1, 0.15) is 0 Å². The van der Waals surface area contributed by atoms with Gasteiger partial charge in [-0.2, -0.15) is 0 Å². The summed E-state index contributed by atoms with van der Waals surface area (Å²) in [5.41, 5.74) is 2.66. The minimum atomic E-state index is -0.358. The molecule has 0 aromatic heterocycles. The maximum Gasteiger partial charge on any atom is 0.234 e. The maximum atomic E-state index is 12.7. The van der Waals surface area contributed by atoms with Crippen LogP contribution in [0.25, 0.3) is 0 Å². The molecular formula is C23H34N2O3. The monoisotopic (exact) mass is 386 g/mol. The van der Waals surface area contributed by atoms with Crippen LogP contribution in [0.3, 0.4) is 0 Å². The average molecular weight is 387 g/mol. The minimum Gasteiger partial charge on any atom is -0.352 e. The Labute approximate surface area is 168 Å². The highest BCUT2D eigenvalue weighted by Crippen LogP contribution is 2.35. The fourth-order valence-electron chi connectivity index (χ4n) is 4.44. The SMILES string of the molecule is CC(C)c1ccc(CN(CC(=O)NC2CCC3(CC2)OCCO3)C2CC2)cc1. The van der Waals surface area contributed by atoms with E-state index in [0.717, 1.165) is 32.2 Å². The first-order chi connectivity index (χ1) is 13.5. The number of hydrogen-bond donors (Lipinski definition) is 1. The number of ether oxygens (including phenoxy) is 2. The van der Waals surface area contributed by atoms with E-state index in [-0.39, 0.29) is 17.7 Å². The number of amides is 1. The van der Waals surface area contributed by atoms with Crippen LogP contribution in [0.1, 0.15) is 69.4 Å². The summed E-state index contributed by atoms with van der Waals surface area (Å²) in [7, 11) is 0. The molecule has 3 aliphatic rings. The van der Waals surface area contributed by atoms with Crippen molar-refractivity contribution < 1.29 is 14.3 Å². The lowest BCUT2D eigenvalue weighted by atomic mass is 9.90. The highest BCUT2D eigenvalue weighted by atomic mass is 16.7. The van der Waals surface area contributed by atoms with Crippen molar-refractivity contribution in [3.05, 3.63) is 35.4 Å². The Morgan fingerprint density at radius 3 is 2.32 bits per heavy atom. The van der Waals surface area contributed by atoms with Crippen molar-refractivity contribution in [3.63, 3.8) is 0 Å². The third-order valence-corrected chi connectivity index (χ3v) is 6.37. The summed E-state index contributed by atoms with van der Waals surface area (Å²) in [6.45, 7) is 7.18. The molecule has 5 nitrogen and oxygen atoms in total. The molecule has 1 amide bonds. The van der Waals surface area contributed by atoms with Crippen molar-refractivity contribution >= 4 is 5.91 Å². The third kappa shape index (κ3) is 4.94. The zero-order valence-corrected chi connectivity index (χ0v) is 17.3. The molecule has 1 aliphatic heterocycles. The zero-order valence-electron chi connectivity index (χ0n) is 17.3. The molecule has 0 bridgehead atoms. The minimum absolute atomic E-state index is 0.153. The number of carbonyl (C=O) groups is 1. The molecule has 1 heterocycles. The van der Waals surface area contributed by atoms with Crippen molar-refractivity contribution in [2.75, 3.05) is 19.8 Å². The van der Waals surface area contributed by atoms with E-state index in [1.165, 1.54) is 24.0 Å². The summed E-state index contributed by atoms with van der Waals surface area (Å²) in [5, 5.41) is 3.26. The summed E-state index contributed by atoms with van der Waals surface area (Å²) in [4.78, 5) is 15.0. The van der Waals surface area contributed by atoms with Gasteiger partial charge in [-0.15, -0.1) is 0 Å². The van der Waals surface area contributed by atoms with Gasteiger partial charge in [-0.25, -0.2) is 0 Å². The predicted molar refractivity (Wildman–Crippen MR) is 109 cm³/mol. The lowest BCUT2D eigenvalue weighted by Crippen LogP contribution is -2.47. The molecule has 3 fully saturated rings. The lowest BCUT2D eigenvalue weighted by Gasteiger charge is -2.35. The Bertz CT molecular complexity index is 653. The molecule has 0 radical (unpaired) electrons. The van der Waals surface area contributed by atoms with E-state index >= 15 is 0 Å². The molecule has 1 saturated heterocycles. The van der Waals surface area contributed by atoms with Gasteiger partial charge in [0.05, 0.1) is 19.8 Å². The standard InChI is InChI=1S/C23H34N2O3/c1-17(2)19-5-3-18(4-6-19)15-25(21-7-8-21)16-22(26)24-20-9-11-23(12-10-20)27-13-14-28-23/h3-6,17,20-21H,7-16H2,1-2H3,(H,24,26). The Morgan fingerprint density at radius 1 is 1.11 bits per heavy atom. The molecule has 28 heavy (non-hydrogen) atoms. The van der Waals surface area contributed by atoms with E-state index in [4.69, 9.17) is 9.47 Å². The van der Waals surface area contributed by atoms with Crippen LogP contribution in [0.4, 0.5) is 0 Å². The summed E-state index contributed by atoms with van der Waals surface area (Å²) >= 11 is 0. The average Bonchev–Trinajstić information content (AvgIpc) is 3.44. The molecule has 0 atom stereocenters. The van der Waals surface area contributed by atoms with Gasteiger partial charge < -0.3 is 14.8 Å². The molecule has 1 aromatic carbocycles. The predicted octanol–water partition coefficient (Wildman–Crippen LogP) is 3.58. The van der Waals surface area contributed by atoms with Crippen molar-refractivity contribution in [1.82, 2.24) is 10.2 Å². The Balaban J connectivity index is 1.27. The van der Waals surface area contributed by atoms with Crippen LogP contribution in [0.15, 0.2) is 24.3 Å². The fraction of sp³-hybridized carbons (Fsp3) is 0.696. The van der Waals surface area contributed by atoms with E-state index in [1.807, 2.05) is 0 Å². The van der Waals surface area contributed by atoms with Crippen LogP contribution in [-0.2, 0) is 20.8 Å². The van der Waals surface area contributed by atoms with E-state index in [1.54, 1.807) is 0 Å². The summed E-state index contributed by atoms with van der Waals surface area (Å²) < 4.78 is 11.6. The van der Waals surface area contributed by atoms with Gasteiger partial charge in [0.15, 0.2) is 5.79 Å². The van der Waals surface area contributed by atoms with Crippen LogP contribution < -0.4 is 5.32 Å². The van der Waals surface area contributed by atoms with E-state index in [2.05, 4.69) is 48.3 Å². The molecule has 2 saturated carbocycles. The van der Waals surface area contributed by atoms with Crippen molar-refractivity contribution in [2.45, 2.75) is 82.7 Å². The summed E-state index contributed by atoms with van der Waals surface area (Å²) in [6, 6.07) is 9.67. The first-order valence-corrected chi connectivity index (χ1v) is 10.9. The van der Waals surface area contributed by atoms with Gasteiger partial charge in [0.2, 0.25) is 5.91 Å². The number of nitrogens with zero attached hydrogens (tertiary/aromatic N) is 1. The van der Waals surface area contributed by atoms with Gasteiger partial charge in [0.25, 0.3) is 0 Å². The van der Waals surface area contributed by atoms with Crippen molar-refractivity contribution in [3.8, 4) is 0 Å². The van der Waals surface area contributed by atoms with Crippen LogP contribution >= 0.6 is 0 Å². The van der Waals surface area contributed by atoms with Crippen molar-refractivity contribution in [1.29, 1.82) is 0 Å².